The van der Waals surface area contributed by atoms with Gasteiger partial charge in [-0.2, -0.15) is 0 Å². The van der Waals surface area contributed by atoms with Crippen LogP contribution in [0.1, 0.15) is 41.6 Å². The number of likely N-dealkylation sites (tertiary alicyclic amines) is 2. The number of hydrogen-bond acceptors (Lipinski definition) is 3. The van der Waals surface area contributed by atoms with Gasteiger partial charge in [-0.3, -0.25) is 9.59 Å². The quantitative estimate of drug-likeness (QED) is 0.627. The predicted molar refractivity (Wildman–Crippen MR) is 122 cm³/mol. The number of amides is 2. The van der Waals surface area contributed by atoms with Gasteiger partial charge in [-0.25, -0.2) is 0 Å². The van der Waals surface area contributed by atoms with Gasteiger partial charge >= 0.3 is 0 Å². The Kier molecular flexibility index (Phi) is 7.03. The van der Waals surface area contributed by atoms with E-state index < -0.39 is 0 Å². The zero-order chi connectivity index (χ0) is 21.8. The summed E-state index contributed by atoms with van der Waals surface area (Å²) in [4.78, 5) is 29.6. The molecule has 0 N–H and O–H groups in total. The first-order valence-corrected chi connectivity index (χ1v) is 11.5. The molecule has 0 aliphatic carbocycles. The van der Waals surface area contributed by atoms with Crippen molar-refractivity contribution < 1.29 is 14.3 Å². The van der Waals surface area contributed by atoms with Gasteiger partial charge in [0.1, 0.15) is 12.4 Å². The van der Waals surface area contributed by atoms with Crippen molar-refractivity contribution in [1.82, 2.24) is 9.80 Å². The smallest absolute Gasteiger partial charge is 0.257 e. The summed E-state index contributed by atoms with van der Waals surface area (Å²) in [5.74, 6) is 0.743. The summed E-state index contributed by atoms with van der Waals surface area (Å²) in [5, 5.41) is 1.09. The van der Waals surface area contributed by atoms with Crippen LogP contribution < -0.4 is 4.74 Å². The summed E-state index contributed by atoms with van der Waals surface area (Å²) in [6.07, 6.45) is 3.62. The molecule has 31 heavy (non-hydrogen) atoms. The van der Waals surface area contributed by atoms with Crippen LogP contribution >= 0.6 is 23.2 Å². The molecule has 2 aromatic carbocycles. The van der Waals surface area contributed by atoms with E-state index in [-0.39, 0.29) is 24.3 Å². The van der Waals surface area contributed by atoms with Gasteiger partial charge in [-0.15, -0.1) is 0 Å². The largest absolute Gasteiger partial charge is 0.488 e. The number of carbonyl (C=O) groups excluding carboxylic acids is 2. The van der Waals surface area contributed by atoms with Crippen LogP contribution in [0.3, 0.4) is 0 Å². The Morgan fingerprint density at radius 3 is 2.35 bits per heavy atom. The second-order valence-electron chi connectivity index (χ2n) is 8.12. The van der Waals surface area contributed by atoms with Crippen molar-refractivity contribution in [2.75, 3.05) is 26.2 Å². The lowest BCUT2D eigenvalue weighted by Crippen LogP contribution is -2.43. The highest BCUT2D eigenvalue weighted by Crippen LogP contribution is 2.27. The number of hydrogen-bond donors (Lipinski definition) is 0. The molecule has 7 heteroatoms. The molecule has 2 amide bonds. The maximum atomic E-state index is 13.2. The second kappa shape index (κ2) is 9.92. The minimum atomic E-state index is -0.0649. The first-order chi connectivity index (χ1) is 15.0. The van der Waals surface area contributed by atoms with Gasteiger partial charge in [0, 0.05) is 47.7 Å². The molecule has 2 aliphatic rings. The molecule has 2 fully saturated rings. The van der Waals surface area contributed by atoms with Crippen LogP contribution in [0.5, 0.6) is 5.75 Å². The van der Waals surface area contributed by atoms with Gasteiger partial charge < -0.3 is 14.5 Å². The number of halogens is 2. The predicted octanol–water partition coefficient (Wildman–Crippen LogP) is 5.05. The number of nitrogens with zero attached hydrogens (tertiary/aromatic N) is 2. The third-order valence-corrected chi connectivity index (χ3v) is 6.65. The molecule has 164 valence electrons. The van der Waals surface area contributed by atoms with E-state index in [4.69, 9.17) is 27.9 Å². The molecule has 5 nitrogen and oxygen atoms in total. The highest BCUT2D eigenvalue weighted by atomic mass is 35.5. The van der Waals surface area contributed by atoms with E-state index in [0.29, 0.717) is 47.3 Å². The van der Waals surface area contributed by atoms with Crippen LogP contribution in [0.4, 0.5) is 0 Å². The lowest BCUT2D eigenvalue weighted by Gasteiger charge is -2.33. The summed E-state index contributed by atoms with van der Waals surface area (Å²) in [7, 11) is 0. The Balaban J connectivity index is 1.38. The first kappa shape index (κ1) is 22.0. The molecule has 0 atom stereocenters. The molecule has 2 saturated heterocycles. The van der Waals surface area contributed by atoms with Crippen molar-refractivity contribution in [2.24, 2.45) is 5.92 Å². The summed E-state index contributed by atoms with van der Waals surface area (Å²) >= 11 is 12.2. The van der Waals surface area contributed by atoms with Gasteiger partial charge in [0.15, 0.2) is 0 Å². The van der Waals surface area contributed by atoms with Gasteiger partial charge in [0.2, 0.25) is 5.91 Å². The minimum absolute atomic E-state index is 0.0284. The fourth-order valence-electron chi connectivity index (χ4n) is 4.26. The number of para-hydroxylation sites is 1. The molecule has 2 aliphatic heterocycles. The van der Waals surface area contributed by atoms with Crippen molar-refractivity contribution in [1.29, 1.82) is 0 Å². The van der Waals surface area contributed by atoms with Crippen LogP contribution in [-0.4, -0.2) is 47.8 Å². The standard InChI is InChI=1S/C24H26Cl2N2O3/c25-19-8-7-18(21(26)15-19)16-31-22-6-2-1-5-20(22)24(30)28-13-9-17(10-14-28)23(29)27-11-3-4-12-27/h1-2,5-8,15,17H,3-4,9-14,16H2. The minimum Gasteiger partial charge on any atom is -0.488 e. The van der Waals surface area contributed by atoms with Gasteiger partial charge in [-0.1, -0.05) is 41.4 Å². The average molecular weight is 461 g/mol. The first-order valence-electron chi connectivity index (χ1n) is 10.8. The normalized spacial score (nSPS) is 17.1. The number of rotatable bonds is 5. The Hall–Kier alpha value is -2.24. The second-order valence-corrected chi connectivity index (χ2v) is 8.96. The molecule has 0 bridgehead atoms. The van der Waals surface area contributed by atoms with Crippen LogP contribution in [-0.2, 0) is 11.4 Å². The molecule has 2 aromatic rings. The van der Waals surface area contributed by atoms with E-state index in [1.54, 1.807) is 24.3 Å². The van der Waals surface area contributed by atoms with E-state index in [9.17, 15) is 9.59 Å². The maximum Gasteiger partial charge on any atom is 0.257 e. The number of ether oxygens (including phenoxy) is 1. The van der Waals surface area contributed by atoms with E-state index in [0.717, 1.165) is 31.5 Å². The van der Waals surface area contributed by atoms with E-state index >= 15 is 0 Å². The Morgan fingerprint density at radius 1 is 0.935 bits per heavy atom. The molecule has 4 rings (SSSR count). The lowest BCUT2D eigenvalue weighted by molar-refractivity contribution is -0.135. The number of carbonyl (C=O) groups is 2. The Labute approximate surface area is 192 Å². The van der Waals surface area contributed by atoms with Crippen molar-refractivity contribution in [3.63, 3.8) is 0 Å². The van der Waals surface area contributed by atoms with Gasteiger partial charge in [-0.05, 0) is 49.9 Å². The highest BCUT2D eigenvalue weighted by Gasteiger charge is 2.32. The fourth-order valence-corrected chi connectivity index (χ4v) is 4.72. The topological polar surface area (TPSA) is 49.9 Å². The summed E-state index contributed by atoms with van der Waals surface area (Å²) in [5.41, 5.74) is 1.33. The SMILES string of the molecule is O=C(c1ccccc1OCc1ccc(Cl)cc1Cl)N1CCC(C(=O)N2CCCC2)CC1. The Morgan fingerprint density at radius 2 is 1.65 bits per heavy atom. The molecule has 0 radical (unpaired) electrons. The zero-order valence-corrected chi connectivity index (χ0v) is 18.9. The van der Waals surface area contributed by atoms with Crippen molar-refractivity contribution >= 4 is 35.0 Å². The van der Waals surface area contributed by atoms with Crippen molar-refractivity contribution in [2.45, 2.75) is 32.3 Å². The molecule has 0 spiro atoms. The van der Waals surface area contributed by atoms with E-state index in [2.05, 4.69) is 0 Å². The molecule has 0 saturated carbocycles. The van der Waals surface area contributed by atoms with Crippen molar-refractivity contribution in [3.05, 3.63) is 63.6 Å². The maximum absolute atomic E-state index is 13.2. The average Bonchev–Trinajstić information content (AvgIpc) is 3.33. The molecule has 0 unspecified atom stereocenters. The van der Waals surface area contributed by atoms with E-state index in [1.807, 2.05) is 28.0 Å². The summed E-state index contributed by atoms with van der Waals surface area (Å²) in [6, 6.07) is 12.5. The zero-order valence-electron chi connectivity index (χ0n) is 17.4. The fraction of sp³-hybridized carbons (Fsp3) is 0.417. The van der Waals surface area contributed by atoms with E-state index in [1.165, 1.54) is 0 Å². The van der Waals surface area contributed by atoms with Crippen LogP contribution in [0.25, 0.3) is 0 Å². The molecular formula is C24H26Cl2N2O3. The van der Waals surface area contributed by atoms with Crippen molar-refractivity contribution in [3.8, 4) is 5.75 Å². The third-order valence-electron chi connectivity index (χ3n) is 6.06. The van der Waals surface area contributed by atoms with Gasteiger partial charge in [0.25, 0.3) is 5.91 Å². The summed E-state index contributed by atoms with van der Waals surface area (Å²) in [6.45, 7) is 3.16. The highest BCUT2D eigenvalue weighted by molar-refractivity contribution is 6.35. The molecule has 0 aromatic heterocycles. The molecular weight excluding hydrogens is 435 g/mol. The Bertz CT molecular complexity index is 952. The van der Waals surface area contributed by atoms with Crippen LogP contribution in [0, 0.1) is 5.92 Å². The van der Waals surface area contributed by atoms with Crippen LogP contribution in [0.2, 0.25) is 10.0 Å². The lowest BCUT2D eigenvalue weighted by atomic mass is 9.95. The monoisotopic (exact) mass is 460 g/mol. The molecule has 2 heterocycles. The van der Waals surface area contributed by atoms with Crippen LogP contribution in [0.15, 0.2) is 42.5 Å². The number of benzene rings is 2. The van der Waals surface area contributed by atoms with Gasteiger partial charge in [0.05, 0.1) is 5.56 Å². The summed E-state index contributed by atoms with van der Waals surface area (Å²) < 4.78 is 5.95. The number of piperidine rings is 1. The third kappa shape index (κ3) is 5.16.